The quantitative estimate of drug-likeness (QED) is 0.877. The van der Waals surface area contributed by atoms with Crippen LogP contribution in [0.15, 0.2) is 54.6 Å². The molecule has 0 aliphatic rings. The van der Waals surface area contributed by atoms with Crippen LogP contribution in [0.3, 0.4) is 0 Å². The van der Waals surface area contributed by atoms with Crippen molar-refractivity contribution in [3.05, 3.63) is 66.0 Å². The third-order valence-electron chi connectivity index (χ3n) is 3.73. The number of nitrogens with zero attached hydrogens (tertiary/aromatic N) is 2. The lowest BCUT2D eigenvalue weighted by atomic mass is 10.0. The zero-order valence-electron chi connectivity index (χ0n) is 14.6. The van der Waals surface area contributed by atoms with Crippen LogP contribution < -0.4 is 5.32 Å². The fourth-order valence-electron chi connectivity index (χ4n) is 2.55. The third-order valence-corrected chi connectivity index (χ3v) is 3.73. The van der Waals surface area contributed by atoms with Crippen molar-refractivity contribution < 1.29 is 14.0 Å². The number of likely N-dealkylation sites (N-methyl/N-ethyl adjacent to an activating group) is 2. The van der Waals surface area contributed by atoms with Crippen LogP contribution in [-0.2, 0) is 9.59 Å². The Bertz CT molecular complexity index is 734. The van der Waals surface area contributed by atoms with Crippen molar-refractivity contribution in [1.82, 2.24) is 9.80 Å². The van der Waals surface area contributed by atoms with E-state index in [9.17, 15) is 14.0 Å². The van der Waals surface area contributed by atoms with Crippen molar-refractivity contribution in [1.29, 1.82) is 0 Å². The lowest BCUT2D eigenvalue weighted by molar-refractivity contribution is -0.134. The van der Waals surface area contributed by atoms with Crippen LogP contribution in [0.5, 0.6) is 0 Å². The predicted octanol–water partition coefficient (Wildman–Crippen LogP) is 2.53. The molecule has 2 aromatic carbocycles. The fraction of sp³-hybridized carbons (Fsp3) is 0.263. The van der Waals surface area contributed by atoms with Gasteiger partial charge in [-0.1, -0.05) is 36.4 Å². The summed E-state index contributed by atoms with van der Waals surface area (Å²) in [5, 5.41) is 2.64. The number of anilines is 1. The van der Waals surface area contributed by atoms with Crippen molar-refractivity contribution in [3.63, 3.8) is 0 Å². The molecule has 2 aromatic rings. The third kappa shape index (κ3) is 5.12. The Morgan fingerprint density at radius 3 is 2.32 bits per heavy atom. The van der Waals surface area contributed by atoms with Crippen molar-refractivity contribution in [2.24, 2.45) is 0 Å². The summed E-state index contributed by atoms with van der Waals surface area (Å²) >= 11 is 0. The highest BCUT2D eigenvalue weighted by molar-refractivity contribution is 5.93. The van der Waals surface area contributed by atoms with Gasteiger partial charge in [0.05, 0.1) is 6.54 Å². The second kappa shape index (κ2) is 8.39. The van der Waals surface area contributed by atoms with E-state index in [0.29, 0.717) is 5.69 Å². The van der Waals surface area contributed by atoms with Gasteiger partial charge in [0, 0.05) is 19.8 Å². The normalized spacial score (nSPS) is 11.9. The molecule has 0 fully saturated rings. The molecule has 0 heterocycles. The van der Waals surface area contributed by atoms with E-state index in [1.165, 1.54) is 23.1 Å². The number of amides is 2. The van der Waals surface area contributed by atoms with Crippen LogP contribution in [0.2, 0.25) is 0 Å². The van der Waals surface area contributed by atoms with Gasteiger partial charge in [-0.25, -0.2) is 4.39 Å². The van der Waals surface area contributed by atoms with E-state index in [4.69, 9.17) is 0 Å². The molecule has 0 saturated heterocycles. The van der Waals surface area contributed by atoms with E-state index in [0.717, 1.165) is 5.56 Å². The first-order valence-electron chi connectivity index (χ1n) is 7.90. The van der Waals surface area contributed by atoms with Crippen molar-refractivity contribution in [2.45, 2.75) is 6.04 Å². The van der Waals surface area contributed by atoms with Gasteiger partial charge in [0.1, 0.15) is 11.9 Å². The van der Waals surface area contributed by atoms with Crippen molar-refractivity contribution in [2.75, 3.05) is 33.0 Å². The smallest absolute Gasteiger partial charge is 0.244 e. The number of carbonyl (C=O) groups excluding carboxylic acids is 2. The summed E-state index contributed by atoms with van der Waals surface area (Å²) in [6, 6.07) is 14.4. The van der Waals surface area contributed by atoms with Gasteiger partial charge in [-0.2, -0.15) is 0 Å². The van der Waals surface area contributed by atoms with Crippen molar-refractivity contribution in [3.8, 4) is 0 Å². The highest BCUT2D eigenvalue weighted by Crippen LogP contribution is 2.21. The first kappa shape index (κ1) is 18.6. The molecule has 0 saturated carbocycles. The maximum atomic E-state index is 13.2. The number of benzene rings is 2. The van der Waals surface area contributed by atoms with Crippen LogP contribution >= 0.6 is 0 Å². The zero-order valence-corrected chi connectivity index (χ0v) is 14.6. The lowest BCUT2D eigenvalue weighted by Crippen LogP contribution is -2.41. The van der Waals surface area contributed by atoms with Gasteiger partial charge in [-0.05, 0) is 30.8 Å². The van der Waals surface area contributed by atoms with E-state index in [1.54, 1.807) is 32.1 Å². The van der Waals surface area contributed by atoms with E-state index < -0.39 is 11.9 Å². The number of carbonyl (C=O) groups is 2. The molecule has 2 rings (SSSR count). The molecule has 6 heteroatoms. The van der Waals surface area contributed by atoms with E-state index in [-0.39, 0.29) is 18.4 Å². The lowest BCUT2D eigenvalue weighted by Gasteiger charge is -2.29. The summed E-state index contributed by atoms with van der Waals surface area (Å²) in [4.78, 5) is 28.0. The molecule has 0 unspecified atom stereocenters. The first-order chi connectivity index (χ1) is 11.9. The molecule has 2 amide bonds. The topological polar surface area (TPSA) is 52.7 Å². The van der Waals surface area contributed by atoms with Gasteiger partial charge in [-0.15, -0.1) is 0 Å². The number of halogens is 1. The van der Waals surface area contributed by atoms with Crippen LogP contribution in [-0.4, -0.2) is 49.3 Å². The summed E-state index contributed by atoms with van der Waals surface area (Å²) in [5.74, 6) is -0.857. The zero-order chi connectivity index (χ0) is 18.4. The molecule has 0 aliphatic heterocycles. The molecular weight excluding hydrogens is 321 g/mol. The number of hydrogen-bond donors (Lipinski definition) is 1. The van der Waals surface area contributed by atoms with Gasteiger partial charge in [-0.3, -0.25) is 14.5 Å². The Labute approximate surface area is 147 Å². The molecule has 25 heavy (non-hydrogen) atoms. The number of nitrogens with one attached hydrogen (secondary N) is 1. The Kier molecular flexibility index (Phi) is 6.25. The second-order valence-corrected chi connectivity index (χ2v) is 6.02. The Hall–Kier alpha value is -2.73. The predicted molar refractivity (Wildman–Crippen MR) is 95.5 cm³/mol. The first-order valence-corrected chi connectivity index (χ1v) is 7.90. The molecule has 5 nitrogen and oxygen atoms in total. The SMILES string of the molecule is CN(C)C(=O)[C@H](c1ccccc1)N(C)CC(=O)Nc1cccc(F)c1. The molecule has 0 radical (unpaired) electrons. The van der Waals surface area contributed by atoms with Crippen LogP contribution in [0, 0.1) is 5.82 Å². The Morgan fingerprint density at radius 2 is 1.72 bits per heavy atom. The van der Waals surface area contributed by atoms with E-state index >= 15 is 0 Å². The fourth-order valence-corrected chi connectivity index (χ4v) is 2.55. The standard InChI is InChI=1S/C19H22FN3O2/c1-22(2)19(25)18(14-8-5-4-6-9-14)23(3)13-17(24)21-16-11-7-10-15(20)12-16/h4-12,18H,13H2,1-3H3,(H,21,24)/t18-/m0/s1. The average molecular weight is 343 g/mol. The van der Waals surface area contributed by atoms with E-state index in [2.05, 4.69) is 5.32 Å². The minimum Gasteiger partial charge on any atom is -0.347 e. The second-order valence-electron chi connectivity index (χ2n) is 6.02. The molecule has 0 aromatic heterocycles. The van der Waals surface area contributed by atoms with Crippen molar-refractivity contribution >= 4 is 17.5 Å². The molecule has 132 valence electrons. The van der Waals surface area contributed by atoms with Gasteiger partial charge < -0.3 is 10.2 Å². The van der Waals surface area contributed by atoms with Crippen LogP contribution in [0.25, 0.3) is 0 Å². The maximum absolute atomic E-state index is 13.2. The van der Waals surface area contributed by atoms with Crippen LogP contribution in [0.1, 0.15) is 11.6 Å². The monoisotopic (exact) mass is 343 g/mol. The number of hydrogen-bond acceptors (Lipinski definition) is 3. The summed E-state index contributed by atoms with van der Waals surface area (Å²) in [7, 11) is 5.07. The molecule has 1 atom stereocenters. The average Bonchev–Trinajstić information content (AvgIpc) is 2.55. The maximum Gasteiger partial charge on any atom is 0.244 e. The Balaban J connectivity index is 2.12. The van der Waals surface area contributed by atoms with E-state index in [1.807, 2.05) is 30.3 Å². The van der Waals surface area contributed by atoms with Gasteiger partial charge in [0.25, 0.3) is 0 Å². The minimum absolute atomic E-state index is 0.00431. The highest BCUT2D eigenvalue weighted by Gasteiger charge is 2.27. The summed E-state index contributed by atoms with van der Waals surface area (Å²) in [5.41, 5.74) is 1.19. The highest BCUT2D eigenvalue weighted by atomic mass is 19.1. The molecule has 0 bridgehead atoms. The summed E-state index contributed by atoms with van der Waals surface area (Å²) in [6.45, 7) is -0.00431. The van der Waals surface area contributed by atoms with Gasteiger partial charge in [0.2, 0.25) is 11.8 Å². The molecule has 0 aliphatic carbocycles. The van der Waals surface area contributed by atoms with Gasteiger partial charge >= 0.3 is 0 Å². The molecular formula is C19H22FN3O2. The largest absolute Gasteiger partial charge is 0.347 e. The number of rotatable bonds is 6. The van der Waals surface area contributed by atoms with Crippen LogP contribution in [0.4, 0.5) is 10.1 Å². The Morgan fingerprint density at radius 1 is 1.04 bits per heavy atom. The summed E-state index contributed by atoms with van der Waals surface area (Å²) in [6.07, 6.45) is 0. The molecule has 0 spiro atoms. The summed E-state index contributed by atoms with van der Waals surface area (Å²) < 4.78 is 13.2. The van der Waals surface area contributed by atoms with Gasteiger partial charge in [0.15, 0.2) is 0 Å². The molecule has 1 N–H and O–H groups in total. The minimum atomic E-state index is -0.575.